The molecule has 2 heterocycles. The first-order valence-electron chi connectivity index (χ1n) is 9.92. The fourth-order valence-electron chi connectivity index (χ4n) is 4.31. The maximum Gasteiger partial charge on any atom is 0.191 e. The van der Waals surface area contributed by atoms with E-state index < -0.39 is 0 Å². The summed E-state index contributed by atoms with van der Waals surface area (Å²) in [5.41, 5.74) is 2.39. The predicted molar refractivity (Wildman–Crippen MR) is 107 cm³/mol. The zero-order chi connectivity index (χ0) is 18.7. The van der Waals surface area contributed by atoms with Gasteiger partial charge in [-0.2, -0.15) is 5.10 Å². The van der Waals surface area contributed by atoms with Crippen molar-refractivity contribution < 1.29 is 4.74 Å². The first-order valence-corrected chi connectivity index (χ1v) is 9.92. The standard InChI is InChI=1S/C21H29N5O/c1-16-14-24-26(15-16)12-11-23-20(22-2)25-18-13-21(9-5-6-10-21)27-19-8-4-3-7-17(18)19/h3-4,7-8,14-15,18H,5-6,9-13H2,1-2H3,(H2,22,23,25). The Morgan fingerprint density at radius 1 is 1.33 bits per heavy atom. The summed E-state index contributed by atoms with van der Waals surface area (Å²) in [5, 5.41) is 11.4. The molecule has 2 N–H and O–H groups in total. The minimum absolute atomic E-state index is 0.0164. The number of aromatic nitrogens is 2. The van der Waals surface area contributed by atoms with Gasteiger partial charge in [-0.1, -0.05) is 18.2 Å². The third-order valence-electron chi connectivity index (χ3n) is 5.64. The average molecular weight is 367 g/mol. The van der Waals surface area contributed by atoms with E-state index in [-0.39, 0.29) is 11.6 Å². The molecule has 1 aromatic heterocycles. The van der Waals surface area contributed by atoms with E-state index in [9.17, 15) is 0 Å². The van der Waals surface area contributed by atoms with Crippen LogP contribution in [0, 0.1) is 6.92 Å². The van der Waals surface area contributed by atoms with E-state index in [1.165, 1.54) is 24.0 Å². The van der Waals surface area contributed by atoms with Crippen LogP contribution in [-0.2, 0) is 6.54 Å². The molecule has 1 unspecified atom stereocenters. The number of para-hydroxylation sites is 1. The monoisotopic (exact) mass is 367 g/mol. The minimum Gasteiger partial charge on any atom is -0.487 e. The van der Waals surface area contributed by atoms with Gasteiger partial charge in [0.15, 0.2) is 5.96 Å². The number of hydrogen-bond donors (Lipinski definition) is 2. The van der Waals surface area contributed by atoms with Gasteiger partial charge in [-0.3, -0.25) is 9.67 Å². The van der Waals surface area contributed by atoms with Gasteiger partial charge in [0.25, 0.3) is 0 Å². The zero-order valence-electron chi connectivity index (χ0n) is 16.2. The van der Waals surface area contributed by atoms with Crippen molar-refractivity contribution in [3.8, 4) is 5.75 Å². The number of nitrogens with one attached hydrogen (secondary N) is 2. The summed E-state index contributed by atoms with van der Waals surface area (Å²) in [6.07, 6.45) is 9.72. The number of aryl methyl sites for hydroxylation is 1. The van der Waals surface area contributed by atoms with Gasteiger partial charge in [0.2, 0.25) is 0 Å². The Morgan fingerprint density at radius 2 is 2.15 bits per heavy atom. The van der Waals surface area contributed by atoms with Crippen molar-refractivity contribution >= 4 is 5.96 Å². The second-order valence-corrected chi connectivity index (χ2v) is 7.71. The maximum atomic E-state index is 6.46. The molecule has 0 saturated heterocycles. The lowest BCUT2D eigenvalue weighted by Gasteiger charge is -2.40. The summed E-state index contributed by atoms with van der Waals surface area (Å²) in [6.45, 7) is 3.64. The number of guanidine groups is 1. The summed E-state index contributed by atoms with van der Waals surface area (Å²) >= 11 is 0. The van der Waals surface area contributed by atoms with Gasteiger partial charge in [-0.05, 0) is 44.2 Å². The molecule has 1 saturated carbocycles. The fraction of sp³-hybridized carbons (Fsp3) is 0.524. The van der Waals surface area contributed by atoms with E-state index in [1.54, 1.807) is 0 Å². The summed E-state index contributed by atoms with van der Waals surface area (Å²) in [6, 6.07) is 8.61. The molecule has 0 radical (unpaired) electrons. The highest BCUT2D eigenvalue weighted by atomic mass is 16.5. The van der Waals surface area contributed by atoms with Crippen molar-refractivity contribution in [2.75, 3.05) is 13.6 Å². The summed E-state index contributed by atoms with van der Waals surface area (Å²) in [7, 11) is 1.82. The van der Waals surface area contributed by atoms with Crippen molar-refractivity contribution in [2.24, 2.45) is 4.99 Å². The smallest absolute Gasteiger partial charge is 0.191 e. The van der Waals surface area contributed by atoms with Gasteiger partial charge in [-0.15, -0.1) is 0 Å². The van der Waals surface area contributed by atoms with Crippen LogP contribution in [0.25, 0.3) is 0 Å². The van der Waals surface area contributed by atoms with Crippen LogP contribution in [-0.4, -0.2) is 34.9 Å². The van der Waals surface area contributed by atoms with Crippen LogP contribution in [0.1, 0.15) is 49.3 Å². The Morgan fingerprint density at radius 3 is 2.89 bits per heavy atom. The number of nitrogens with zero attached hydrogens (tertiary/aromatic N) is 3. The fourth-order valence-corrected chi connectivity index (χ4v) is 4.31. The highest BCUT2D eigenvalue weighted by Gasteiger charge is 2.43. The van der Waals surface area contributed by atoms with Gasteiger partial charge >= 0.3 is 0 Å². The molecule has 1 aliphatic heterocycles. The molecule has 4 rings (SSSR count). The van der Waals surface area contributed by atoms with Crippen LogP contribution < -0.4 is 15.4 Å². The topological polar surface area (TPSA) is 63.5 Å². The summed E-state index contributed by atoms with van der Waals surface area (Å²) in [4.78, 5) is 4.43. The molecule has 6 nitrogen and oxygen atoms in total. The van der Waals surface area contributed by atoms with E-state index >= 15 is 0 Å². The summed E-state index contributed by atoms with van der Waals surface area (Å²) < 4.78 is 8.41. The minimum atomic E-state index is -0.0164. The molecule has 2 aromatic rings. The highest BCUT2D eigenvalue weighted by Crippen LogP contribution is 2.46. The van der Waals surface area contributed by atoms with Crippen LogP contribution in [0.4, 0.5) is 0 Å². The molecule has 1 fully saturated rings. The molecule has 1 spiro atoms. The Kier molecular flexibility index (Phi) is 5.05. The second kappa shape index (κ2) is 7.62. The normalized spacial score (nSPS) is 21.0. The number of aliphatic imine (C=N–C) groups is 1. The van der Waals surface area contributed by atoms with Gasteiger partial charge in [0.05, 0.1) is 18.8 Å². The van der Waals surface area contributed by atoms with Gasteiger partial charge in [-0.25, -0.2) is 0 Å². The first kappa shape index (κ1) is 17.9. The van der Waals surface area contributed by atoms with E-state index in [0.717, 1.165) is 44.1 Å². The van der Waals surface area contributed by atoms with Crippen molar-refractivity contribution in [1.29, 1.82) is 0 Å². The molecule has 1 aliphatic carbocycles. The number of hydrogen-bond acceptors (Lipinski definition) is 3. The van der Waals surface area contributed by atoms with E-state index in [1.807, 2.05) is 17.9 Å². The lowest BCUT2D eigenvalue weighted by Crippen LogP contribution is -2.47. The Balaban J connectivity index is 1.43. The lowest BCUT2D eigenvalue weighted by atomic mass is 9.86. The Hall–Kier alpha value is -2.50. The number of ether oxygens (including phenoxy) is 1. The van der Waals surface area contributed by atoms with Crippen LogP contribution in [0.2, 0.25) is 0 Å². The quantitative estimate of drug-likeness (QED) is 0.643. The number of benzene rings is 1. The van der Waals surface area contributed by atoms with Crippen molar-refractivity contribution in [1.82, 2.24) is 20.4 Å². The molecule has 2 aliphatic rings. The van der Waals surface area contributed by atoms with E-state index in [0.29, 0.717) is 0 Å². The molecular formula is C21H29N5O. The van der Waals surface area contributed by atoms with Crippen LogP contribution in [0.5, 0.6) is 5.75 Å². The van der Waals surface area contributed by atoms with Gasteiger partial charge in [0, 0.05) is 31.8 Å². The summed E-state index contributed by atoms with van der Waals surface area (Å²) in [5.74, 6) is 1.85. The SMILES string of the molecule is CN=C(NCCn1cc(C)cn1)NC1CC2(CCCC2)Oc2ccccc21. The molecule has 27 heavy (non-hydrogen) atoms. The maximum absolute atomic E-state index is 6.46. The van der Waals surface area contributed by atoms with Gasteiger partial charge < -0.3 is 15.4 Å². The van der Waals surface area contributed by atoms with Crippen molar-refractivity contribution in [2.45, 2.75) is 57.2 Å². The molecular weight excluding hydrogens is 338 g/mol. The Labute approximate surface area is 161 Å². The second-order valence-electron chi connectivity index (χ2n) is 7.71. The first-order chi connectivity index (χ1) is 13.2. The van der Waals surface area contributed by atoms with Crippen LogP contribution in [0.3, 0.4) is 0 Å². The highest BCUT2D eigenvalue weighted by molar-refractivity contribution is 5.80. The predicted octanol–water partition coefficient (Wildman–Crippen LogP) is 3.19. The van der Waals surface area contributed by atoms with E-state index in [4.69, 9.17) is 4.74 Å². The van der Waals surface area contributed by atoms with Crippen molar-refractivity contribution in [3.63, 3.8) is 0 Å². The average Bonchev–Trinajstić information content (AvgIpc) is 3.29. The van der Waals surface area contributed by atoms with Crippen LogP contribution >= 0.6 is 0 Å². The molecule has 0 bridgehead atoms. The van der Waals surface area contributed by atoms with Crippen molar-refractivity contribution in [3.05, 3.63) is 47.8 Å². The van der Waals surface area contributed by atoms with Gasteiger partial charge in [0.1, 0.15) is 11.4 Å². The van der Waals surface area contributed by atoms with E-state index in [2.05, 4.69) is 58.1 Å². The molecule has 144 valence electrons. The zero-order valence-corrected chi connectivity index (χ0v) is 16.2. The molecule has 0 amide bonds. The Bertz CT molecular complexity index is 806. The molecule has 1 atom stereocenters. The van der Waals surface area contributed by atoms with Crippen LogP contribution in [0.15, 0.2) is 41.7 Å². The number of rotatable bonds is 4. The molecule has 1 aromatic carbocycles. The largest absolute Gasteiger partial charge is 0.487 e. The lowest BCUT2D eigenvalue weighted by molar-refractivity contribution is 0.0396. The third kappa shape index (κ3) is 3.94. The third-order valence-corrected chi connectivity index (χ3v) is 5.64. The molecule has 6 heteroatoms. The number of fused-ring (bicyclic) bond motifs is 1.